The third-order valence-corrected chi connectivity index (χ3v) is 4.17. The van der Waals surface area contributed by atoms with Crippen LogP contribution in [-0.4, -0.2) is 60.2 Å². The molecule has 0 aliphatic carbocycles. The van der Waals surface area contributed by atoms with Gasteiger partial charge in [0.1, 0.15) is 0 Å². The van der Waals surface area contributed by atoms with Crippen molar-refractivity contribution in [1.29, 1.82) is 0 Å². The summed E-state index contributed by atoms with van der Waals surface area (Å²) in [6, 6.07) is 0. The summed E-state index contributed by atoms with van der Waals surface area (Å²) in [7, 11) is 1.54. The molecule has 1 aliphatic heterocycles. The summed E-state index contributed by atoms with van der Waals surface area (Å²) >= 11 is 1.21. The molecule has 0 radical (unpaired) electrons. The molecule has 0 saturated carbocycles. The summed E-state index contributed by atoms with van der Waals surface area (Å²) in [5, 5.41) is 5.10. The van der Waals surface area contributed by atoms with Crippen molar-refractivity contribution in [2.24, 2.45) is 5.92 Å². The predicted octanol–water partition coefficient (Wildman–Crippen LogP) is -0.633. The fourth-order valence-corrected chi connectivity index (χ4v) is 2.69. The lowest BCUT2D eigenvalue weighted by Gasteiger charge is -2.15. The minimum atomic E-state index is -0.213. The topological polar surface area (TPSA) is 95.6 Å². The molecule has 1 heterocycles. The Kier molecular flexibility index (Phi) is 7.21. The lowest BCUT2D eigenvalue weighted by atomic mass is 10.1. The van der Waals surface area contributed by atoms with E-state index < -0.39 is 0 Å². The van der Waals surface area contributed by atoms with E-state index in [9.17, 15) is 19.2 Å². The molecule has 1 aliphatic rings. The van der Waals surface area contributed by atoms with Gasteiger partial charge in [0.2, 0.25) is 23.6 Å². The Balaban J connectivity index is 2.21. The molecule has 0 aromatic heterocycles. The van der Waals surface area contributed by atoms with Crippen molar-refractivity contribution in [3.8, 4) is 0 Å². The Hall–Kier alpha value is -1.57. The standard InChI is InChI=1S/C13H21N3O4S/c1-3-9-6-12(19)16(13(9)20)5-4-15-11(18)8-21-7-10(17)14-2/h9H,3-8H2,1-2H3,(H,14,17)(H,15,18)/t9-/m0/s1. The van der Waals surface area contributed by atoms with Gasteiger partial charge >= 0.3 is 0 Å². The molecule has 0 aromatic rings. The van der Waals surface area contributed by atoms with E-state index in [1.165, 1.54) is 23.7 Å². The number of thioether (sulfide) groups is 1. The maximum absolute atomic E-state index is 11.8. The van der Waals surface area contributed by atoms with E-state index in [1.807, 2.05) is 6.92 Å². The fourth-order valence-electron chi connectivity index (χ4n) is 1.97. The molecule has 4 amide bonds. The van der Waals surface area contributed by atoms with Crippen LogP contribution in [0.2, 0.25) is 0 Å². The van der Waals surface area contributed by atoms with E-state index in [0.29, 0.717) is 6.42 Å². The minimum Gasteiger partial charge on any atom is -0.358 e. The molecule has 0 bridgehead atoms. The smallest absolute Gasteiger partial charge is 0.232 e. The van der Waals surface area contributed by atoms with E-state index >= 15 is 0 Å². The molecule has 1 saturated heterocycles. The predicted molar refractivity (Wildman–Crippen MR) is 79.5 cm³/mol. The number of rotatable bonds is 8. The first kappa shape index (κ1) is 17.5. The number of amides is 4. The second-order valence-electron chi connectivity index (χ2n) is 4.71. The SMILES string of the molecule is CC[C@H]1CC(=O)N(CCNC(=O)CSCC(=O)NC)C1=O. The van der Waals surface area contributed by atoms with E-state index in [-0.39, 0.29) is 60.6 Å². The van der Waals surface area contributed by atoms with Gasteiger partial charge in [-0.05, 0) is 6.42 Å². The van der Waals surface area contributed by atoms with Gasteiger partial charge in [-0.2, -0.15) is 0 Å². The van der Waals surface area contributed by atoms with Crippen molar-refractivity contribution < 1.29 is 19.2 Å². The van der Waals surface area contributed by atoms with Crippen LogP contribution in [0.4, 0.5) is 0 Å². The molecular weight excluding hydrogens is 294 g/mol. The van der Waals surface area contributed by atoms with Crippen LogP contribution >= 0.6 is 11.8 Å². The van der Waals surface area contributed by atoms with Crippen LogP contribution in [0.15, 0.2) is 0 Å². The number of nitrogens with zero attached hydrogens (tertiary/aromatic N) is 1. The minimum absolute atomic E-state index is 0.133. The van der Waals surface area contributed by atoms with Crippen LogP contribution in [-0.2, 0) is 19.2 Å². The average molecular weight is 315 g/mol. The first-order valence-electron chi connectivity index (χ1n) is 6.88. The molecule has 0 aromatic carbocycles. The summed E-state index contributed by atoms with van der Waals surface area (Å²) in [5.74, 6) is -0.475. The molecule has 118 valence electrons. The number of hydrogen-bond donors (Lipinski definition) is 2. The zero-order valence-corrected chi connectivity index (χ0v) is 13.1. The van der Waals surface area contributed by atoms with Crippen molar-refractivity contribution >= 4 is 35.4 Å². The monoisotopic (exact) mass is 315 g/mol. The van der Waals surface area contributed by atoms with Gasteiger partial charge in [-0.3, -0.25) is 24.1 Å². The maximum Gasteiger partial charge on any atom is 0.232 e. The molecule has 1 fully saturated rings. The van der Waals surface area contributed by atoms with Crippen LogP contribution in [0, 0.1) is 5.92 Å². The summed E-state index contributed by atoms with van der Waals surface area (Å²) in [6.45, 7) is 2.33. The largest absolute Gasteiger partial charge is 0.358 e. The number of carbonyl (C=O) groups is 4. The zero-order valence-electron chi connectivity index (χ0n) is 12.3. The highest BCUT2D eigenvalue weighted by atomic mass is 32.2. The normalized spacial score (nSPS) is 18.0. The molecule has 8 heteroatoms. The van der Waals surface area contributed by atoms with Gasteiger partial charge in [-0.25, -0.2) is 0 Å². The third-order valence-electron chi connectivity index (χ3n) is 3.23. The molecule has 7 nitrogen and oxygen atoms in total. The second-order valence-corrected chi connectivity index (χ2v) is 5.69. The van der Waals surface area contributed by atoms with E-state index in [1.54, 1.807) is 0 Å². The highest BCUT2D eigenvalue weighted by Gasteiger charge is 2.36. The Morgan fingerprint density at radius 2 is 1.95 bits per heavy atom. The number of carbonyl (C=O) groups excluding carboxylic acids is 4. The quantitative estimate of drug-likeness (QED) is 0.581. The third kappa shape index (κ3) is 5.37. The Morgan fingerprint density at radius 1 is 1.29 bits per heavy atom. The van der Waals surface area contributed by atoms with Gasteiger partial charge < -0.3 is 10.6 Å². The van der Waals surface area contributed by atoms with Crippen molar-refractivity contribution in [2.45, 2.75) is 19.8 Å². The van der Waals surface area contributed by atoms with Crippen LogP contribution < -0.4 is 10.6 Å². The molecule has 1 atom stereocenters. The lowest BCUT2D eigenvalue weighted by molar-refractivity contribution is -0.139. The van der Waals surface area contributed by atoms with Gasteiger partial charge in [0.25, 0.3) is 0 Å². The number of hydrogen-bond acceptors (Lipinski definition) is 5. The van der Waals surface area contributed by atoms with Crippen LogP contribution in [0.25, 0.3) is 0 Å². The van der Waals surface area contributed by atoms with Crippen LogP contribution in [0.5, 0.6) is 0 Å². The van der Waals surface area contributed by atoms with Crippen molar-refractivity contribution in [3.05, 3.63) is 0 Å². The Bertz CT molecular complexity index is 428. The van der Waals surface area contributed by atoms with Crippen molar-refractivity contribution in [1.82, 2.24) is 15.5 Å². The fraction of sp³-hybridized carbons (Fsp3) is 0.692. The first-order valence-corrected chi connectivity index (χ1v) is 8.04. The number of nitrogens with one attached hydrogen (secondary N) is 2. The maximum atomic E-state index is 11.8. The average Bonchev–Trinajstić information content (AvgIpc) is 2.74. The highest BCUT2D eigenvalue weighted by molar-refractivity contribution is 8.00. The summed E-state index contributed by atoms with van der Waals surface area (Å²) in [6.07, 6.45) is 0.925. The van der Waals surface area contributed by atoms with Gasteiger partial charge in [-0.1, -0.05) is 6.92 Å². The zero-order chi connectivity index (χ0) is 15.8. The second kappa shape index (κ2) is 8.66. The summed E-state index contributed by atoms with van der Waals surface area (Å²) in [5.41, 5.74) is 0. The van der Waals surface area contributed by atoms with E-state index in [0.717, 1.165) is 0 Å². The molecule has 21 heavy (non-hydrogen) atoms. The molecule has 0 unspecified atom stereocenters. The molecule has 0 spiro atoms. The highest BCUT2D eigenvalue weighted by Crippen LogP contribution is 2.21. The van der Waals surface area contributed by atoms with Gasteiger partial charge in [-0.15, -0.1) is 11.8 Å². The molecule has 2 N–H and O–H groups in total. The van der Waals surface area contributed by atoms with Gasteiger partial charge in [0, 0.05) is 32.5 Å². The van der Waals surface area contributed by atoms with E-state index in [2.05, 4.69) is 10.6 Å². The van der Waals surface area contributed by atoms with Gasteiger partial charge in [0.05, 0.1) is 11.5 Å². The summed E-state index contributed by atoms with van der Waals surface area (Å²) < 4.78 is 0. The Labute approximate surface area is 128 Å². The summed E-state index contributed by atoms with van der Waals surface area (Å²) in [4.78, 5) is 47.2. The van der Waals surface area contributed by atoms with Crippen LogP contribution in [0.1, 0.15) is 19.8 Å². The first-order chi connectivity index (χ1) is 9.99. The van der Waals surface area contributed by atoms with Crippen molar-refractivity contribution in [3.63, 3.8) is 0 Å². The van der Waals surface area contributed by atoms with Crippen molar-refractivity contribution in [2.75, 3.05) is 31.6 Å². The van der Waals surface area contributed by atoms with Gasteiger partial charge in [0.15, 0.2) is 0 Å². The number of likely N-dealkylation sites (tertiary alicyclic amines) is 1. The van der Waals surface area contributed by atoms with Crippen LogP contribution in [0.3, 0.4) is 0 Å². The molecule has 1 rings (SSSR count). The Morgan fingerprint density at radius 3 is 2.52 bits per heavy atom. The molecular formula is C13H21N3O4S. The lowest BCUT2D eigenvalue weighted by Crippen LogP contribution is -2.39. The number of imide groups is 1. The van der Waals surface area contributed by atoms with E-state index in [4.69, 9.17) is 0 Å².